The lowest BCUT2D eigenvalue weighted by atomic mass is 10.1. The Bertz CT molecular complexity index is 897. The van der Waals surface area contributed by atoms with Gasteiger partial charge in [0.1, 0.15) is 0 Å². The maximum Gasteiger partial charge on any atom is 0.321 e. The van der Waals surface area contributed by atoms with Crippen LogP contribution >= 0.6 is 11.8 Å². The SMILES string of the molecule is Cc1ccc(-n2c(S[C@H](C)C(=O)NC(=O)NC(C)(C)C)nnc2N2CCCC2)cc1. The fraction of sp³-hybridized carbons (Fsp3) is 0.524. The molecule has 3 amide bonds. The first-order valence-corrected chi connectivity index (χ1v) is 11.1. The molecular formula is C21H30N6O2S. The van der Waals surface area contributed by atoms with E-state index in [4.69, 9.17) is 0 Å². The van der Waals surface area contributed by atoms with Gasteiger partial charge < -0.3 is 10.2 Å². The molecule has 3 rings (SSSR count). The van der Waals surface area contributed by atoms with Gasteiger partial charge in [0, 0.05) is 18.6 Å². The Kier molecular flexibility index (Phi) is 6.70. The number of aryl methyl sites for hydroxylation is 1. The van der Waals surface area contributed by atoms with Crippen molar-refractivity contribution >= 4 is 29.6 Å². The van der Waals surface area contributed by atoms with E-state index in [2.05, 4.69) is 25.7 Å². The number of carbonyl (C=O) groups excluding carboxylic acids is 2. The van der Waals surface area contributed by atoms with Crippen LogP contribution in [-0.4, -0.2) is 50.6 Å². The minimum absolute atomic E-state index is 0.372. The number of aromatic nitrogens is 3. The summed E-state index contributed by atoms with van der Waals surface area (Å²) in [6, 6.07) is 7.65. The number of hydrogen-bond acceptors (Lipinski definition) is 6. The van der Waals surface area contributed by atoms with Crippen molar-refractivity contribution in [3.8, 4) is 5.69 Å². The monoisotopic (exact) mass is 430 g/mol. The number of nitrogens with zero attached hydrogens (tertiary/aromatic N) is 4. The van der Waals surface area contributed by atoms with E-state index >= 15 is 0 Å². The number of carbonyl (C=O) groups is 2. The summed E-state index contributed by atoms with van der Waals surface area (Å²) < 4.78 is 1.99. The van der Waals surface area contributed by atoms with Crippen LogP contribution in [0.4, 0.5) is 10.7 Å². The molecule has 1 aliphatic heterocycles. The topological polar surface area (TPSA) is 92.2 Å². The highest BCUT2D eigenvalue weighted by molar-refractivity contribution is 8.00. The largest absolute Gasteiger partial charge is 0.341 e. The summed E-state index contributed by atoms with van der Waals surface area (Å²) in [6.45, 7) is 11.3. The number of thioether (sulfide) groups is 1. The predicted octanol–water partition coefficient (Wildman–Crippen LogP) is 3.28. The number of rotatable bonds is 5. The maximum absolute atomic E-state index is 12.5. The first kappa shape index (κ1) is 22.1. The quantitative estimate of drug-likeness (QED) is 0.708. The smallest absolute Gasteiger partial charge is 0.321 e. The predicted molar refractivity (Wildman–Crippen MR) is 119 cm³/mol. The van der Waals surface area contributed by atoms with Crippen molar-refractivity contribution in [3.05, 3.63) is 29.8 Å². The van der Waals surface area contributed by atoms with E-state index in [1.165, 1.54) is 17.3 Å². The van der Waals surface area contributed by atoms with Crippen LogP contribution in [-0.2, 0) is 4.79 Å². The standard InChI is InChI=1S/C21H30N6O2S/c1-14-8-10-16(11-9-14)27-19(26-12-6-7-13-26)24-25-20(27)30-15(2)17(28)22-18(29)23-21(3,4)5/h8-11,15H,6-7,12-13H2,1-5H3,(H2,22,23,28,29)/t15-/m1/s1. The molecule has 0 bridgehead atoms. The van der Waals surface area contributed by atoms with Gasteiger partial charge in [0.25, 0.3) is 0 Å². The second kappa shape index (κ2) is 9.07. The summed E-state index contributed by atoms with van der Waals surface area (Å²) in [5.74, 6) is 0.417. The molecule has 30 heavy (non-hydrogen) atoms. The van der Waals surface area contributed by atoms with Gasteiger partial charge in [0.05, 0.1) is 10.9 Å². The van der Waals surface area contributed by atoms with Crippen molar-refractivity contribution in [2.75, 3.05) is 18.0 Å². The minimum atomic E-state index is -0.518. The Morgan fingerprint density at radius 3 is 2.33 bits per heavy atom. The van der Waals surface area contributed by atoms with Gasteiger partial charge in [-0.1, -0.05) is 29.5 Å². The molecule has 0 radical (unpaired) electrons. The highest BCUT2D eigenvalue weighted by Gasteiger charge is 2.26. The molecule has 1 aliphatic rings. The van der Waals surface area contributed by atoms with Crippen LogP contribution in [0.15, 0.2) is 29.4 Å². The second-order valence-corrected chi connectivity index (χ2v) is 9.91. The van der Waals surface area contributed by atoms with Crippen molar-refractivity contribution in [1.82, 2.24) is 25.4 Å². The zero-order valence-electron chi connectivity index (χ0n) is 18.2. The van der Waals surface area contributed by atoms with Crippen LogP contribution in [0.25, 0.3) is 5.69 Å². The molecule has 1 fully saturated rings. The summed E-state index contributed by atoms with van der Waals surface area (Å²) in [4.78, 5) is 26.8. The molecule has 162 valence electrons. The number of benzene rings is 1. The number of nitrogens with one attached hydrogen (secondary N) is 2. The van der Waals surface area contributed by atoms with E-state index in [1.807, 2.05) is 56.5 Å². The summed E-state index contributed by atoms with van der Waals surface area (Å²) >= 11 is 1.29. The highest BCUT2D eigenvalue weighted by atomic mass is 32.2. The van der Waals surface area contributed by atoms with Crippen molar-refractivity contribution < 1.29 is 9.59 Å². The molecule has 2 heterocycles. The normalized spacial score (nSPS) is 15.2. The van der Waals surface area contributed by atoms with Gasteiger partial charge in [-0.05, 0) is 59.6 Å². The van der Waals surface area contributed by atoms with Crippen LogP contribution < -0.4 is 15.5 Å². The van der Waals surface area contributed by atoms with E-state index in [1.54, 1.807) is 6.92 Å². The van der Waals surface area contributed by atoms with Crippen LogP contribution in [0, 0.1) is 6.92 Å². The first-order valence-electron chi connectivity index (χ1n) is 10.2. The molecule has 1 aromatic carbocycles. The third kappa shape index (κ3) is 5.53. The zero-order valence-corrected chi connectivity index (χ0v) is 19.0. The molecule has 2 N–H and O–H groups in total. The van der Waals surface area contributed by atoms with Crippen LogP contribution in [0.2, 0.25) is 0 Å². The lowest BCUT2D eigenvalue weighted by molar-refractivity contribution is -0.119. The minimum Gasteiger partial charge on any atom is -0.341 e. The summed E-state index contributed by atoms with van der Waals surface area (Å²) in [7, 11) is 0. The van der Waals surface area contributed by atoms with E-state index in [0.29, 0.717) is 5.16 Å². The van der Waals surface area contributed by atoms with Crippen molar-refractivity contribution in [2.45, 2.75) is 63.4 Å². The summed E-state index contributed by atoms with van der Waals surface area (Å²) in [6.07, 6.45) is 2.26. The molecule has 1 saturated heterocycles. The molecule has 8 nitrogen and oxygen atoms in total. The third-order valence-electron chi connectivity index (χ3n) is 4.67. The Morgan fingerprint density at radius 2 is 1.73 bits per heavy atom. The fourth-order valence-corrected chi connectivity index (χ4v) is 4.04. The van der Waals surface area contributed by atoms with E-state index in [-0.39, 0.29) is 5.91 Å². The van der Waals surface area contributed by atoms with Gasteiger partial charge in [0.15, 0.2) is 5.16 Å². The van der Waals surface area contributed by atoms with E-state index in [9.17, 15) is 9.59 Å². The third-order valence-corrected chi connectivity index (χ3v) is 5.72. The van der Waals surface area contributed by atoms with Gasteiger partial charge >= 0.3 is 6.03 Å². The average molecular weight is 431 g/mol. The van der Waals surface area contributed by atoms with Crippen LogP contribution in [0.1, 0.15) is 46.1 Å². The van der Waals surface area contributed by atoms with Crippen LogP contribution in [0.5, 0.6) is 0 Å². The molecular weight excluding hydrogens is 400 g/mol. The molecule has 9 heteroatoms. The first-order chi connectivity index (χ1) is 14.1. The van der Waals surface area contributed by atoms with E-state index in [0.717, 1.165) is 37.6 Å². The van der Waals surface area contributed by atoms with E-state index < -0.39 is 16.8 Å². The van der Waals surface area contributed by atoms with Crippen molar-refractivity contribution in [3.63, 3.8) is 0 Å². The molecule has 0 saturated carbocycles. The van der Waals surface area contributed by atoms with Gasteiger partial charge in [-0.2, -0.15) is 0 Å². The summed E-state index contributed by atoms with van der Waals surface area (Å²) in [5, 5.41) is 14.0. The molecule has 2 aromatic rings. The van der Waals surface area contributed by atoms with Gasteiger partial charge in [-0.25, -0.2) is 4.79 Å². The molecule has 0 aliphatic carbocycles. The molecule has 1 atom stereocenters. The van der Waals surface area contributed by atoms with Gasteiger partial charge in [0.2, 0.25) is 11.9 Å². The number of imide groups is 1. The molecule has 1 aromatic heterocycles. The Balaban J connectivity index is 1.80. The molecule has 0 unspecified atom stereocenters. The Morgan fingerprint density at radius 1 is 1.10 bits per heavy atom. The highest BCUT2D eigenvalue weighted by Crippen LogP contribution is 2.30. The van der Waals surface area contributed by atoms with Crippen molar-refractivity contribution in [1.29, 1.82) is 0 Å². The van der Waals surface area contributed by atoms with Crippen LogP contribution in [0.3, 0.4) is 0 Å². The maximum atomic E-state index is 12.5. The zero-order chi connectivity index (χ0) is 21.9. The molecule has 0 spiro atoms. The Labute approximate surface area is 181 Å². The lowest BCUT2D eigenvalue weighted by Crippen LogP contribution is -2.49. The number of amides is 3. The van der Waals surface area contributed by atoms with Crippen molar-refractivity contribution in [2.24, 2.45) is 0 Å². The fourth-order valence-electron chi connectivity index (χ4n) is 3.18. The number of urea groups is 1. The van der Waals surface area contributed by atoms with Gasteiger partial charge in [-0.3, -0.25) is 14.7 Å². The van der Waals surface area contributed by atoms with Gasteiger partial charge in [-0.15, -0.1) is 10.2 Å². The Hall–Kier alpha value is -2.55. The number of hydrogen-bond donors (Lipinski definition) is 2. The number of anilines is 1. The lowest BCUT2D eigenvalue weighted by Gasteiger charge is -2.21. The average Bonchev–Trinajstić information content (AvgIpc) is 3.30. The summed E-state index contributed by atoms with van der Waals surface area (Å²) in [5.41, 5.74) is 1.70. The second-order valence-electron chi connectivity index (χ2n) is 8.60.